The largest absolute Gasteiger partial charge is 0.478 e. The summed E-state index contributed by atoms with van der Waals surface area (Å²) in [5.41, 5.74) is 1.49. The van der Waals surface area contributed by atoms with Gasteiger partial charge in [-0.15, -0.1) is 0 Å². The van der Waals surface area contributed by atoms with Crippen molar-refractivity contribution in [3.05, 3.63) is 29.8 Å². The van der Waals surface area contributed by atoms with Crippen molar-refractivity contribution in [2.24, 2.45) is 0 Å². The van der Waals surface area contributed by atoms with E-state index in [1.54, 1.807) is 12.1 Å². The Morgan fingerprint density at radius 2 is 1.65 bits per heavy atom. The van der Waals surface area contributed by atoms with Gasteiger partial charge in [0.1, 0.15) is 0 Å². The average molecular weight is 334 g/mol. The molecule has 0 bridgehead atoms. The lowest BCUT2D eigenvalue weighted by Gasteiger charge is -2.17. The second-order valence-electron chi connectivity index (χ2n) is 4.69. The Kier molecular flexibility index (Phi) is 10.0. The van der Waals surface area contributed by atoms with Crippen LogP contribution in [0.5, 0.6) is 0 Å². The molecule has 1 fully saturated rings. The molecule has 1 saturated heterocycles. The average Bonchev–Trinajstić information content (AvgIpc) is 3.03. The predicted molar refractivity (Wildman–Crippen MR) is 86.2 cm³/mol. The fourth-order valence-corrected chi connectivity index (χ4v) is 1.99. The second-order valence-corrected chi connectivity index (χ2v) is 4.69. The second kappa shape index (κ2) is 10.9. The van der Waals surface area contributed by atoms with Crippen LogP contribution in [0.3, 0.4) is 0 Å². The molecule has 0 unspecified atom stereocenters. The summed E-state index contributed by atoms with van der Waals surface area (Å²) >= 11 is 0. The molecule has 0 atom stereocenters. The molecule has 1 aromatic rings. The summed E-state index contributed by atoms with van der Waals surface area (Å²) in [4.78, 5) is 12.9. The molecule has 1 aliphatic rings. The quantitative estimate of drug-likeness (QED) is 0.883. The summed E-state index contributed by atoms with van der Waals surface area (Å²) in [5, 5.41) is 10.7. The Hall–Kier alpha value is -1.76. The smallest absolute Gasteiger partial charge is 0.401 e. The molecule has 0 amide bonds. The normalized spacial score (nSPS) is 13.6. The number of nitrogens with one attached hydrogen (secondary N) is 1. The third-order valence-electron chi connectivity index (χ3n) is 2.96. The molecule has 4 nitrogen and oxygen atoms in total. The highest BCUT2D eigenvalue weighted by Crippen LogP contribution is 2.20. The Bertz CT molecular complexity index is 442. The van der Waals surface area contributed by atoms with Gasteiger partial charge in [-0.25, -0.2) is 4.79 Å². The third-order valence-corrected chi connectivity index (χ3v) is 2.96. The van der Waals surface area contributed by atoms with Gasteiger partial charge in [0.05, 0.1) is 12.1 Å². The molecule has 132 valence electrons. The summed E-state index contributed by atoms with van der Waals surface area (Å²) in [6.45, 7) is 5.27. The van der Waals surface area contributed by atoms with Crippen LogP contribution in [0, 0.1) is 0 Å². The maximum atomic E-state index is 11.0. The van der Waals surface area contributed by atoms with Crippen molar-refractivity contribution < 1.29 is 23.1 Å². The molecular formula is C16H25F3N2O2. The van der Waals surface area contributed by atoms with E-state index in [0.29, 0.717) is 5.56 Å². The van der Waals surface area contributed by atoms with Crippen molar-refractivity contribution in [3.63, 3.8) is 0 Å². The number of carboxylic acids is 1. The molecule has 0 radical (unpaired) electrons. The highest BCUT2D eigenvalue weighted by molar-refractivity contribution is 5.88. The highest BCUT2D eigenvalue weighted by Gasteiger charge is 2.24. The number of hydrogen-bond donors (Lipinski definition) is 2. The zero-order valence-electron chi connectivity index (χ0n) is 13.8. The predicted octanol–water partition coefficient (Wildman–Crippen LogP) is 3.78. The van der Waals surface area contributed by atoms with Gasteiger partial charge in [-0.05, 0) is 44.2 Å². The van der Waals surface area contributed by atoms with Gasteiger partial charge >= 0.3 is 12.1 Å². The maximum absolute atomic E-state index is 11.0. The lowest BCUT2D eigenvalue weighted by molar-refractivity contribution is -0.123. The van der Waals surface area contributed by atoms with Crippen molar-refractivity contribution in [1.29, 1.82) is 0 Å². The molecule has 2 rings (SSSR count). The monoisotopic (exact) mass is 334 g/mol. The number of anilines is 1. The highest BCUT2D eigenvalue weighted by atomic mass is 19.4. The minimum atomic E-state index is -4.06. The lowest BCUT2D eigenvalue weighted by atomic mass is 10.2. The van der Waals surface area contributed by atoms with Crippen LogP contribution in [0.15, 0.2) is 24.3 Å². The van der Waals surface area contributed by atoms with Crippen LogP contribution in [0.25, 0.3) is 0 Å². The number of hydrogen-bond acceptors (Lipinski definition) is 3. The summed E-state index contributed by atoms with van der Waals surface area (Å²) in [6, 6.07) is 7.09. The topological polar surface area (TPSA) is 52.6 Å². The summed E-state index contributed by atoms with van der Waals surface area (Å²) in [5.74, 6) is -0.863. The van der Waals surface area contributed by atoms with Gasteiger partial charge in [-0.3, -0.25) is 0 Å². The van der Waals surface area contributed by atoms with Gasteiger partial charge in [0.2, 0.25) is 0 Å². The van der Waals surface area contributed by atoms with Crippen LogP contribution in [-0.4, -0.2) is 43.9 Å². The Morgan fingerprint density at radius 1 is 1.17 bits per heavy atom. The van der Waals surface area contributed by atoms with E-state index in [9.17, 15) is 18.0 Å². The number of alkyl halides is 3. The molecule has 0 aliphatic carbocycles. The van der Waals surface area contributed by atoms with Crippen LogP contribution in [0.1, 0.15) is 37.0 Å². The summed E-state index contributed by atoms with van der Waals surface area (Å²) in [6.07, 6.45) is -1.59. The fourth-order valence-electron chi connectivity index (χ4n) is 1.99. The van der Waals surface area contributed by atoms with E-state index < -0.39 is 18.7 Å². The zero-order valence-corrected chi connectivity index (χ0v) is 13.8. The van der Waals surface area contributed by atoms with Gasteiger partial charge in [-0.2, -0.15) is 13.2 Å². The molecule has 1 aliphatic heterocycles. The van der Waals surface area contributed by atoms with Gasteiger partial charge in [0.25, 0.3) is 0 Å². The number of aromatic carboxylic acids is 1. The minimum Gasteiger partial charge on any atom is -0.478 e. The van der Waals surface area contributed by atoms with Crippen molar-refractivity contribution in [3.8, 4) is 0 Å². The molecular weight excluding hydrogens is 309 g/mol. The van der Waals surface area contributed by atoms with Crippen molar-refractivity contribution in [1.82, 2.24) is 5.32 Å². The molecule has 1 heterocycles. The standard InChI is InChI=1S/C11H13NO2.C3H6F3N.C2H6/c13-11(14)9-3-5-10(6-4-9)12-7-1-2-8-12;1-7-2-3(4,5)6;1-2/h3-6H,1-2,7-8H2,(H,13,14);7H,2H2,1H3;1-2H3. The van der Waals surface area contributed by atoms with E-state index in [-0.39, 0.29) is 0 Å². The number of rotatable bonds is 3. The summed E-state index contributed by atoms with van der Waals surface area (Å²) < 4.78 is 33.0. The fraction of sp³-hybridized carbons (Fsp3) is 0.562. The van der Waals surface area contributed by atoms with Crippen molar-refractivity contribution in [2.75, 3.05) is 31.6 Å². The molecule has 7 heteroatoms. The maximum Gasteiger partial charge on any atom is 0.401 e. The molecule has 2 N–H and O–H groups in total. The zero-order chi connectivity index (χ0) is 17.9. The third kappa shape index (κ3) is 9.07. The first-order chi connectivity index (χ1) is 10.8. The van der Waals surface area contributed by atoms with Gasteiger partial charge in [0, 0.05) is 18.8 Å². The van der Waals surface area contributed by atoms with Crippen LogP contribution < -0.4 is 10.2 Å². The lowest BCUT2D eigenvalue weighted by Crippen LogP contribution is -2.25. The Balaban J connectivity index is 0.000000460. The Morgan fingerprint density at radius 3 is 1.96 bits per heavy atom. The number of nitrogens with zero attached hydrogens (tertiary/aromatic N) is 1. The van der Waals surface area contributed by atoms with E-state index >= 15 is 0 Å². The molecule has 0 spiro atoms. The Labute approximate surface area is 135 Å². The van der Waals surface area contributed by atoms with Gasteiger partial charge < -0.3 is 15.3 Å². The van der Waals surface area contributed by atoms with Crippen molar-refractivity contribution >= 4 is 11.7 Å². The van der Waals surface area contributed by atoms with E-state index in [1.165, 1.54) is 19.9 Å². The van der Waals surface area contributed by atoms with E-state index in [1.807, 2.05) is 31.3 Å². The summed E-state index contributed by atoms with van der Waals surface area (Å²) in [7, 11) is 1.26. The number of carboxylic acid groups (broad SMARTS) is 1. The van der Waals surface area contributed by atoms with Crippen LogP contribution in [0.4, 0.5) is 18.9 Å². The van der Waals surface area contributed by atoms with E-state index in [2.05, 4.69) is 4.90 Å². The number of benzene rings is 1. The number of carbonyl (C=O) groups is 1. The van der Waals surface area contributed by atoms with Crippen LogP contribution >= 0.6 is 0 Å². The van der Waals surface area contributed by atoms with Crippen LogP contribution in [-0.2, 0) is 0 Å². The van der Waals surface area contributed by atoms with Gasteiger partial charge in [-0.1, -0.05) is 13.8 Å². The first kappa shape index (κ1) is 21.2. The first-order valence-corrected chi connectivity index (χ1v) is 7.63. The van der Waals surface area contributed by atoms with E-state index in [4.69, 9.17) is 5.11 Å². The SMILES string of the molecule is CC.CNCC(F)(F)F.O=C(O)c1ccc(N2CCCC2)cc1. The number of halogens is 3. The van der Waals surface area contributed by atoms with E-state index in [0.717, 1.165) is 18.8 Å². The molecule has 0 saturated carbocycles. The minimum absolute atomic E-state index is 0.355. The van der Waals surface area contributed by atoms with Crippen LogP contribution in [0.2, 0.25) is 0 Å². The molecule has 1 aromatic carbocycles. The molecule has 0 aromatic heterocycles. The van der Waals surface area contributed by atoms with Gasteiger partial charge in [0.15, 0.2) is 0 Å². The first-order valence-electron chi connectivity index (χ1n) is 7.63. The molecule has 23 heavy (non-hydrogen) atoms. The van der Waals surface area contributed by atoms with Crippen molar-refractivity contribution in [2.45, 2.75) is 32.9 Å².